The van der Waals surface area contributed by atoms with Crippen LogP contribution in [0.1, 0.15) is 18.8 Å². The predicted octanol–water partition coefficient (Wildman–Crippen LogP) is -0.710. The van der Waals surface area contributed by atoms with Gasteiger partial charge in [0.2, 0.25) is 0 Å². The molecule has 0 bridgehead atoms. The van der Waals surface area contributed by atoms with Crippen LogP contribution < -0.4 is 11.2 Å². The van der Waals surface area contributed by atoms with Crippen molar-refractivity contribution in [2.24, 2.45) is 5.73 Å². The monoisotopic (exact) mass is 133 g/mol. The highest BCUT2D eigenvalue weighted by Gasteiger charge is 1.99. The molecule has 0 fully saturated rings. The van der Waals surface area contributed by atoms with E-state index in [9.17, 15) is 0 Å². The molecule has 0 aliphatic heterocycles. The van der Waals surface area contributed by atoms with E-state index < -0.39 is 0 Å². The fourth-order valence-electron chi connectivity index (χ4n) is 0.583. The third kappa shape index (κ3) is 1.54. The van der Waals surface area contributed by atoms with Crippen LogP contribution in [0, 0.1) is 0 Å². The molecule has 3 nitrogen and oxygen atoms in total. The van der Waals surface area contributed by atoms with Crippen LogP contribution in [-0.4, -0.2) is 17.8 Å². The van der Waals surface area contributed by atoms with Gasteiger partial charge < -0.3 is 5.73 Å². The molecule has 1 aromatic rings. The van der Waals surface area contributed by atoms with Gasteiger partial charge in [0.15, 0.2) is 0 Å². The second-order valence-corrected chi connectivity index (χ2v) is 2.16. The molecule has 0 amide bonds. The minimum Gasteiger partial charge on any atom is -0.322 e. The molecule has 10 heavy (non-hydrogen) atoms. The Morgan fingerprint density at radius 1 is 1.50 bits per heavy atom. The third-order valence-corrected chi connectivity index (χ3v) is 1.10. The highest BCUT2D eigenvalue weighted by atomic mass is 14.9. The fraction of sp³-hybridized carbons (Fsp3) is 0.333. The zero-order valence-electron chi connectivity index (χ0n) is 5.78. The van der Waals surface area contributed by atoms with Gasteiger partial charge in [0.25, 0.3) is 0 Å². The van der Waals surface area contributed by atoms with Gasteiger partial charge in [0.1, 0.15) is 13.7 Å². The Labute approximate surface area is 61.1 Å². The summed E-state index contributed by atoms with van der Waals surface area (Å²) in [6.07, 6.45) is 3.09. The number of rotatable bonds is 1. The molecule has 4 heteroatoms. The van der Waals surface area contributed by atoms with Crippen molar-refractivity contribution in [3.63, 3.8) is 0 Å². The molecule has 0 saturated heterocycles. The van der Waals surface area contributed by atoms with Gasteiger partial charge in [0, 0.05) is 12.4 Å². The minimum absolute atomic E-state index is 0.124. The second-order valence-electron chi connectivity index (χ2n) is 2.16. The molecule has 1 heterocycles. The molecular formula is C6H8BN3. The zero-order chi connectivity index (χ0) is 7.56. The van der Waals surface area contributed by atoms with E-state index in [1.165, 1.54) is 0 Å². The Hall–Kier alpha value is -0.895. The van der Waals surface area contributed by atoms with Gasteiger partial charge in [-0.3, -0.25) is 0 Å². The molecular weight excluding hydrogens is 125 g/mol. The Morgan fingerprint density at radius 2 is 2.00 bits per heavy atom. The summed E-state index contributed by atoms with van der Waals surface area (Å²) >= 11 is 0. The molecule has 1 atom stereocenters. The molecule has 2 radical (unpaired) electrons. The molecule has 0 aromatic carbocycles. The summed E-state index contributed by atoms with van der Waals surface area (Å²) in [6.45, 7) is 1.82. The van der Waals surface area contributed by atoms with Gasteiger partial charge in [-0.1, -0.05) is 5.46 Å². The van der Waals surface area contributed by atoms with Gasteiger partial charge in [-0.25, -0.2) is 9.97 Å². The topological polar surface area (TPSA) is 51.8 Å². The van der Waals surface area contributed by atoms with E-state index in [0.717, 1.165) is 0 Å². The summed E-state index contributed by atoms with van der Waals surface area (Å²) in [6, 6.07) is -0.124. The molecule has 0 aliphatic carbocycles. The van der Waals surface area contributed by atoms with Crippen LogP contribution in [0.2, 0.25) is 0 Å². The van der Waals surface area contributed by atoms with Gasteiger partial charge in [-0.2, -0.15) is 0 Å². The standard InChI is InChI=1S/C6H8BN3/c1-4(8)6-9-2-5(7)3-10-6/h2-4H,8H2,1H3. The molecule has 1 rings (SSSR count). The van der Waals surface area contributed by atoms with Crippen molar-refractivity contribution < 1.29 is 0 Å². The minimum atomic E-state index is -0.124. The molecule has 2 N–H and O–H groups in total. The highest BCUT2D eigenvalue weighted by molar-refractivity contribution is 6.31. The SMILES string of the molecule is [B]c1cnc(C(C)N)nc1. The Morgan fingerprint density at radius 3 is 2.40 bits per heavy atom. The van der Waals surface area contributed by atoms with Crippen LogP contribution in [0.4, 0.5) is 0 Å². The van der Waals surface area contributed by atoms with Crippen LogP contribution in [0.15, 0.2) is 12.4 Å². The van der Waals surface area contributed by atoms with Crippen LogP contribution in [0.5, 0.6) is 0 Å². The first-order chi connectivity index (χ1) is 4.70. The quantitative estimate of drug-likeness (QED) is 0.515. The molecule has 0 spiro atoms. The lowest BCUT2D eigenvalue weighted by Gasteiger charge is -2.01. The number of aromatic nitrogens is 2. The first kappa shape index (κ1) is 7.21. The fourth-order valence-corrected chi connectivity index (χ4v) is 0.583. The summed E-state index contributed by atoms with van der Waals surface area (Å²) in [5.74, 6) is 0.620. The lowest BCUT2D eigenvalue weighted by atomic mass is 10.0. The number of hydrogen-bond donors (Lipinski definition) is 1. The first-order valence-electron chi connectivity index (χ1n) is 3.03. The van der Waals surface area contributed by atoms with E-state index in [1.807, 2.05) is 6.92 Å². The second kappa shape index (κ2) is 2.79. The van der Waals surface area contributed by atoms with Crippen molar-refractivity contribution in [3.05, 3.63) is 18.2 Å². The van der Waals surface area contributed by atoms with Gasteiger partial charge in [0.05, 0.1) is 6.04 Å². The summed E-state index contributed by atoms with van der Waals surface area (Å²) < 4.78 is 0. The molecule has 1 aromatic heterocycles. The normalized spacial score (nSPS) is 13.0. The van der Waals surface area contributed by atoms with Crippen LogP contribution in [0.3, 0.4) is 0 Å². The molecule has 50 valence electrons. The number of nitrogens with two attached hydrogens (primary N) is 1. The maximum Gasteiger partial charge on any atom is 0.144 e. The summed E-state index contributed by atoms with van der Waals surface area (Å²) in [5.41, 5.74) is 6.06. The lowest BCUT2D eigenvalue weighted by Crippen LogP contribution is -2.13. The Balaban J connectivity index is 2.89. The summed E-state index contributed by atoms with van der Waals surface area (Å²) in [7, 11) is 5.36. The van der Waals surface area contributed by atoms with Crippen molar-refractivity contribution in [3.8, 4) is 0 Å². The molecule has 1 unspecified atom stereocenters. The van der Waals surface area contributed by atoms with Crippen molar-refractivity contribution in [1.82, 2.24) is 9.97 Å². The lowest BCUT2D eigenvalue weighted by molar-refractivity contribution is 0.741. The Bertz CT molecular complexity index is 207. The van der Waals surface area contributed by atoms with E-state index in [4.69, 9.17) is 13.6 Å². The number of hydrogen-bond acceptors (Lipinski definition) is 3. The van der Waals surface area contributed by atoms with Crippen molar-refractivity contribution in [2.75, 3.05) is 0 Å². The third-order valence-electron chi connectivity index (χ3n) is 1.10. The van der Waals surface area contributed by atoms with Crippen molar-refractivity contribution in [2.45, 2.75) is 13.0 Å². The number of nitrogens with zero attached hydrogens (tertiary/aromatic N) is 2. The predicted molar refractivity (Wildman–Crippen MR) is 40.0 cm³/mol. The summed E-state index contributed by atoms with van der Waals surface area (Å²) in [4.78, 5) is 7.83. The molecule has 0 aliphatic rings. The summed E-state index contributed by atoms with van der Waals surface area (Å²) in [5, 5.41) is 0. The van der Waals surface area contributed by atoms with Gasteiger partial charge in [-0.15, -0.1) is 0 Å². The van der Waals surface area contributed by atoms with Crippen molar-refractivity contribution >= 4 is 13.3 Å². The van der Waals surface area contributed by atoms with E-state index in [1.54, 1.807) is 12.4 Å². The highest BCUT2D eigenvalue weighted by Crippen LogP contribution is 1.97. The Kier molecular flexibility index (Phi) is 2.01. The zero-order valence-corrected chi connectivity index (χ0v) is 5.78. The van der Waals surface area contributed by atoms with E-state index in [-0.39, 0.29) is 6.04 Å². The van der Waals surface area contributed by atoms with E-state index in [2.05, 4.69) is 9.97 Å². The maximum atomic E-state index is 5.50. The van der Waals surface area contributed by atoms with Gasteiger partial charge >= 0.3 is 0 Å². The van der Waals surface area contributed by atoms with E-state index in [0.29, 0.717) is 11.3 Å². The average molecular weight is 133 g/mol. The largest absolute Gasteiger partial charge is 0.322 e. The average Bonchev–Trinajstić information content (AvgIpc) is 1.88. The van der Waals surface area contributed by atoms with E-state index >= 15 is 0 Å². The van der Waals surface area contributed by atoms with Crippen LogP contribution >= 0.6 is 0 Å². The smallest absolute Gasteiger partial charge is 0.144 e. The van der Waals surface area contributed by atoms with Crippen LogP contribution in [0.25, 0.3) is 0 Å². The van der Waals surface area contributed by atoms with Gasteiger partial charge in [-0.05, 0) is 6.92 Å². The van der Waals surface area contributed by atoms with Crippen LogP contribution in [-0.2, 0) is 0 Å². The van der Waals surface area contributed by atoms with Crippen molar-refractivity contribution in [1.29, 1.82) is 0 Å². The molecule has 0 saturated carbocycles. The first-order valence-corrected chi connectivity index (χ1v) is 3.03. The maximum absolute atomic E-state index is 5.50.